The third-order valence-corrected chi connectivity index (χ3v) is 4.11. The normalized spacial score (nSPS) is 19.9. The Morgan fingerprint density at radius 2 is 2.12 bits per heavy atom. The Labute approximate surface area is 140 Å². The van der Waals surface area contributed by atoms with Crippen molar-refractivity contribution in [3.05, 3.63) is 41.1 Å². The first-order valence-electron chi connectivity index (χ1n) is 7.86. The van der Waals surface area contributed by atoms with Crippen LogP contribution >= 0.6 is 0 Å². The van der Waals surface area contributed by atoms with E-state index in [4.69, 9.17) is 14.2 Å². The quantitative estimate of drug-likeness (QED) is 0.632. The van der Waals surface area contributed by atoms with E-state index >= 15 is 0 Å². The molecule has 0 radical (unpaired) electrons. The maximum atomic E-state index is 12.5. The fourth-order valence-corrected chi connectivity index (χ4v) is 2.99. The van der Waals surface area contributed by atoms with Crippen molar-refractivity contribution in [1.29, 1.82) is 0 Å². The highest BCUT2D eigenvalue weighted by atomic mass is 16.5. The molecule has 3 rings (SSSR count). The zero-order chi connectivity index (χ0) is 17.1. The van der Waals surface area contributed by atoms with E-state index in [1.165, 1.54) is 4.90 Å². The summed E-state index contributed by atoms with van der Waals surface area (Å²) in [4.78, 5) is 26.3. The Bertz CT molecular complexity index is 685. The lowest BCUT2D eigenvalue weighted by Gasteiger charge is -2.33. The molecule has 2 heterocycles. The van der Waals surface area contributed by atoms with E-state index in [9.17, 15) is 9.59 Å². The third-order valence-electron chi connectivity index (χ3n) is 4.11. The van der Waals surface area contributed by atoms with Gasteiger partial charge in [0.05, 0.1) is 37.6 Å². The molecule has 1 aromatic carbocycles. The number of nitrogens with zero attached hydrogens (tertiary/aromatic N) is 1. The molecule has 7 nitrogen and oxygen atoms in total. The van der Waals surface area contributed by atoms with Gasteiger partial charge in [-0.3, -0.25) is 4.90 Å². The summed E-state index contributed by atoms with van der Waals surface area (Å²) in [6.45, 7) is 3.32. The highest BCUT2D eigenvalue weighted by Crippen LogP contribution is 2.38. The van der Waals surface area contributed by atoms with Crippen molar-refractivity contribution in [2.75, 3.05) is 33.5 Å². The van der Waals surface area contributed by atoms with Crippen LogP contribution in [0.5, 0.6) is 5.75 Å². The van der Waals surface area contributed by atoms with Crippen molar-refractivity contribution < 1.29 is 23.8 Å². The lowest BCUT2D eigenvalue weighted by molar-refractivity contribution is -0.136. The summed E-state index contributed by atoms with van der Waals surface area (Å²) in [6, 6.07) is 6.44. The number of cyclic esters (lactones) is 1. The minimum Gasteiger partial charge on any atom is -0.496 e. The van der Waals surface area contributed by atoms with Crippen molar-refractivity contribution >= 4 is 12.0 Å². The van der Waals surface area contributed by atoms with Gasteiger partial charge in [0.1, 0.15) is 12.4 Å². The molecule has 2 aliphatic rings. The first-order valence-corrected chi connectivity index (χ1v) is 7.86. The number of urea groups is 1. The predicted octanol–water partition coefficient (Wildman–Crippen LogP) is 1.61. The number of amides is 2. The van der Waals surface area contributed by atoms with Crippen molar-refractivity contribution in [1.82, 2.24) is 10.2 Å². The van der Waals surface area contributed by atoms with Crippen LogP contribution in [0.4, 0.5) is 4.79 Å². The number of carbonyl (C=O) groups excluding carboxylic acids is 2. The highest BCUT2D eigenvalue weighted by molar-refractivity contribution is 5.97. The SMILES string of the molecule is CCOCCN1C(=O)N[C@H](c2ccccc2OC)C2=C1COC2=O. The van der Waals surface area contributed by atoms with Gasteiger partial charge in [-0.1, -0.05) is 18.2 Å². The van der Waals surface area contributed by atoms with Gasteiger partial charge < -0.3 is 19.5 Å². The third kappa shape index (κ3) is 2.82. The van der Waals surface area contributed by atoms with Gasteiger partial charge in [-0.2, -0.15) is 0 Å². The van der Waals surface area contributed by atoms with Crippen LogP contribution in [0.25, 0.3) is 0 Å². The summed E-state index contributed by atoms with van der Waals surface area (Å²) in [5, 5.41) is 2.88. The number of esters is 1. The Morgan fingerprint density at radius 1 is 1.33 bits per heavy atom. The number of para-hydroxylation sites is 1. The summed E-state index contributed by atoms with van der Waals surface area (Å²) in [7, 11) is 1.56. The van der Waals surface area contributed by atoms with Gasteiger partial charge in [-0.05, 0) is 13.0 Å². The average Bonchev–Trinajstić information content (AvgIpc) is 2.98. The fraction of sp³-hybridized carbons (Fsp3) is 0.412. The molecular formula is C17H20N2O5. The van der Waals surface area contributed by atoms with Gasteiger partial charge in [0.25, 0.3) is 0 Å². The fourth-order valence-electron chi connectivity index (χ4n) is 2.99. The van der Waals surface area contributed by atoms with E-state index in [0.717, 1.165) is 5.56 Å². The first-order chi connectivity index (χ1) is 11.7. The van der Waals surface area contributed by atoms with E-state index in [1.807, 2.05) is 25.1 Å². The van der Waals surface area contributed by atoms with E-state index in [0.29, 0.717) is 36.8 Å². The lowest BCUT2D eigenvalue weighted by Crippen LogP contribution is -2.48. The van der Waals surface area contributed by atoms with Gasteiger partial charge in [0, 0.05) is 12.2 Å². The van der Waals surface area contributed by atoms with Crippen LogP contribution in [0.1, 0.15) is 18.5 Å². The smallest absolute Gasteiger partial charge is 0.338 e. The molecule has 0 spiro atoms. The number of hydrogen-bond donors (Lipinski definition) is 1. The van der Waals surface area contributed by atoms with Gasteiger partial charge >= 0.3 is 12.0 Å². The Kier molecular flexibility index (Phi) is 4.71. The lowest BCUT2D eigenvalue weighted by atomic mass is 9.95. The molecule has 0 saturated carbocycles. The van der Waals surface area contributed by atoms with E-state index in [-0.39, 0.29) is 12.6 Å². The summed E-state index contributed by atoms with van der Waals surface area (Å²) < 4.78 is 15.9. The maximum Gasteiger partial charge on any atom is 0.338 e. The Hall–Kier alpha value is -2.54. The van der Waals surface area contributed by atoms with Crippen molar-refractivity contribution in [3.63, 3.8) is 0 Å². The van der Waals surface area contributed by atoms with Crippen LogP contribution in [0, 0.1) is 0 Å². The molecule has 1 N–H and O–H groups in total. The molecular weight excluding hydrogens is 312 g/mol. The van der Waals surface area contributed by atoms with Crippen molar-refractivity contribution in [2.45, 2.75) is 13.0 Å². The van der Waals surface area contributed by atoms with Gasteiger partial charge in [0.15, 0.2) is 0 Å². The molecule has 24 heavy (non-hydrogen) atoms. The van der Waals surface area contributed by atoms with Crippen LogP contribution in [0.15, 0.2) is 35.5 Å². The van der Waals surface area contributed by atoms with Crippen molar-refractivity contribution in [3.8, 4) is 5.75 Å². The minimum atomic E-state index is -0.581. The second-order valence-corrected chi connectivity index (χ2v) is 5.41. The monoisotopic (exact) mass is 332 g/mol. The Morgan fingerprint density at radius 3 is 2.88 bits per heavy atom. The molecule has 1 aromatic rings. The number of rotatable bonds is 6. The summed E-state index contributed by atoms with van der Waals surface area (Å²) in [5.41, 5.74) is 1.78. The molecule has 128 valence electrons. The second-order valence-electron chi connectivity index (χ2n) is 5.41. The summed E-state index contributed by atoms with van der Waals surface area (Å²) in [6.07, 6.45) is 0. The van der Waals surface area contributed by atoms with Gasteiger partial charge in [0.2, 0.25) is 0 Å². The standard InChI is InChI=1S/C17H20N2O5/c1-3-23-9-8-19-12-10-24-16(20)14(12)15(18-17(19)21)11-6-4-5-7-13(11)22-2/h4-7,15H,3,8-10H2,1-2H3,(H,18,21)/t15-/m1/s1. The van der Waals surface area contributed by atoms with Crippen LogP contribution in [-0.4, -0.2) is 50.4 Å². The molecule has 0 aromatic heterocycles. The number of ether oxygens (including phenoxy) is 3. The molecule has 0 bridgehead atoms. The summed E-state index contributed by atoms with van der Waals surface area (Å²) >= 11 is 0. The average molecular weight is 332 g/mol. The summed E-state index contributed by atoms with van der Waals surface area (Å²) in [5.74, 6) is 0.194. The van der Waals surface area contributed by atoms with Gasteiger partial charge in [-0.15, -0.1) is 0 Å². The molecule has 1 atom stereocenters. The largest absolute Gasteiger partial charge is 0.496 e. The molecule has 0 aliphatic carbocycles. The van der Waals surface area contributed by atoms with Crippen molar-refractivity contribution in [2.24, 2.45) is 0 Å². The molecule has 7 heteroatoms. The van der Waals surface area contributed by atoms with Crippen LogP contribution < -0.4 is 10.1 Å². The molecule has 2 amide bonds. The van der Waals surface area contributed by atoms with E-state index in [1.54, 1.807) is 13.2 Å². The maximum absolute atomic E-state index is 12.5. The van der Waals surface area contributed by atoms with Gasteiger partial charge in [-0.25, -0.2) is 9.59 Å². The van der Waals surface area contributed by atoms with Crippen LogP contribution in [0.3, 0.4) is 0 Å². The van der Waals surface area contributed by atoms with E-state index < -0.39 is 12.0 Å². The van der Waals surface area contributed by atoms with Crippen LogP contribution in [-0.2, 0) is 14.3 Å². The Balaban J connectivity index is 1.98. The highest BCUT2D eigenvalue weighted by Gasteiger charge is 2.42. The first kappa shape index (κ1) is 16.3. The molecule has 0 unspecified atom stereocenters. The number of hydrogen-bond acceptors (Lipinski definition) is 5. The number of carbonyl (C=O) groups is 2. The zero-order valence-corrected chi connectivity index (χ0v) is 13.7. The van der Waals surface area contributed by atoms with E-state index in [2.05, 4.69) is 5.32 Å². The number of nitrogens with one attached hydrogen (secondary N) is 1. The predicted molar refractivity (Wildman–Crippen MR) is 85.5 cm³/mol. The number of benzene rings is 1. The minimum absolute atomic E-state index is 0.0966. The molecule has 2 aliphatic heterocycles. The number of methoxy groups -OCH3 is 1. The second kappa shape index (κ2) is 6.92. The zero-order valence-electron chi connectivity index (χ0n) is 13.7. The topological polar surface area (TPSA) is 77.1 Å². The molecule has 0 saturated heterocycles. The molecule has 0 fully saturated rings. The van der Waals surface area contributed by atoms with Crippen LogP contribution in [0.2, 0.25) is 0 Å².